The summed E-state index contributed by atoms with van der Waals surface area (Å²) >= 11 is 1.64. The Morgan fingerprint density at radius 2 is 2.12 bits per heavy atom. The van der Waals surface area contributed by atoms with Crippen molar-refractivity contribution in [2.45, 2.75) is 25.2 Å². The Kier molecular flexibility index (Phi) is 4.65. The summed E-state index contributed by atoms with van der Waals surface area (Å²) in [5.74, 6) is 1.54. The number of hydrogen-bond donors (Lipinski definition) is 0. The number of amides is 1. The second kappa shape index (κ2) is 7.23. The Morgan fingerprint density at radius 1 is 1.24 bits per heavy atom. The van der Waals surface area contributed by atoms with Crippen LogP contribution >= 0.6 is 11.3 Å². The van der Waals surface area contributed by atoms with E-state index in [0.717, 1.165) is 41.5 Å². The molecule has 1 unspecified atom stereocenters. The maximum absolute atomic E-state index is 12.5. The zero-order valence-corrected chi connectivity index (χ0v) is 14.7. The highest BCUT2D eigenvalue weighted by Crippen LogP contribution is 2.28. The Balaban J connectivity index is 1.31. The van der Waals surface area contributed by atoms with E-state index in [9.17, 15) is 4.79 Å². The van der Waals surface area contributed by atoms with Gasteiger partial charge in [-0.15, -0.1) is 11.3 Å². The van der Waals surface area contributed by atoms with Crippen LogP contribution in [0.2, 0.25) is 0 Å². The van der Waals surface area contributed by atoms with E-state index in [1.54, 1.807) is 17.6 Å². The largest absolute Gasteiger partial charge is 0.469 e. The lowest BCUT2D eigenvalue weighted by molar-refractivity contribution is -0.130. The molecule has 1 saturated heterocycles. The van der Waals surface area contributed by atoms with Gasteiger partial charge in [-0.3, -0.25) is 4.79 Å². The first-order valence-electron chi connectivity index (χ1n) is 8.60. The van der Waals surface area contributed by atoms with Gasteiger partial charge in [-0.2, -0.15) is 0 Å². The summed E-state index contributed by atoms with van der Waals surface area (Å²) in [5, 5.41) is 3.08. The molecule has 1 aromatic carbocycles. The van der Waals surface area contributed by atoms with Gasteiger partial charge in [-0.05, 0) is 25.0 Å². The smallest absolute Gasteiger partial charge is 0.222 e. The fourth-order valence-electron chi connectivity index (χ4n) is 3.27. The van der Waals surface area contributed by atoms with E-state index in [-0.39, 0.29) is 5.91 Å². The third-order valence-electron chi connectivity index (χ3n) is 4.65. The lowest BCUT2D eigenvalue weighted by Gasteiger charge is -2.15. The summed E-state index contributed by atoms with van der Waals surface area (Å²) in [4.78, 5) is 19.1. The second-order valence-corrected chi connectivity index (χ2v) is 7.21. The van der Waals surface area contributed by atoms with Crippen LogP contribution in [-0.4, -0.2) is 28.9 Å². The zero-order valence-electron chi connectivity index (χ0n) is 13.9. The van der Waals surface area contributed by atoms with Gasteiger partial charge >= 0.3 is 0 Å². The first-order valence-corrected chi connectivity index (χ1v) is 9.48. The molecule has 4 nitrogen and oxygen atoms in total. The lowest BCUT2D eigenvalue weighted by atomic mass is 10.1. The Hall–Kier alpha value is -2.40. The molecule has 1 amide bonds. The molecular weight excluding hydrogens is 332 g/mol. The summed E-state index contributed by atoms with van der Waals surface area (Å²) in [7, 11) is 0. The number of likely N-dealkylation sites (tertiary alicyclic amines) is 1. The monoisotopic (exact) mass is 352 g/mol. The Morgan fingerprint density at radius 3 is 2.92 bits per heavy atom. The minimum atomic E-state index is 0.211. The Bertz CT molecular complexity index is 827. The van der Waals surface area contributed by atoms with Gasteiger partial charge in [0.15, 0.2) is 0 Å². The zero-order chi connectivity index (χ0) is 17.1. The molecule has 3 heterocycles. The number of hydrogen-bond acceptors (Lipinski definition) is 4. The van der Waals surface area contributed by atoms with E-state index >= 15 is 0 Å². The van der Waals surface area contributed by atoms with Gasteiger partial charge in [0, 0.05) is 36.4 Å². The van der Waals surface area contributed by atoms with Crippen LogP contribution in [0.4, 0.5) is 0 Å². The molecule has 0 aliphatic carbocycles. The van der Waals surface area contributed by atoms with Crippen molar-refractivity contribution in [3.05, 3.63) is 65.6 Å². The highest BCUT2D eigenvalue weighted by molar-refractivity contribution is 7.13. The summed E-state index contributed by atoms with van der Waals surface area (Å²) in [6, 6.07) is 14.1. The van der Waals surface area contributed by atoms with Gasteiger partial charge in [-0.25, -0.2) is 4.98 Å². The molecule has 5 heteroatoms. The van der Waals surface area contributed by atoms with Crippen molar-refractivity contribution in [1.82, 2.24) is 9.88 Å². The van der Waals surface area contributed by atoms with Crippen molar-refractivity contribution in [2.75, 3.05) is 13.1 Å². The van der Waals surface area contributed by atoms with Crippen molar-refractivity contribution in [1.29, 1.82) is 0 Å². The van der Waals surface area contributed by atoms with Crippen molar-refractivity contribution in [3.63, 3.8) is 0 Å². The number of thiazole rings is 1. The molecule has 0 N–H and O–H groups in total. The first kappa shape index (κ1) is 16.1. The maximum Gasteiger partial charge on any atom is 0.222 e. The summed E-state index contributed by atoms with van der Waals surface area (Å²) in [6.45, 7) is 1.58. The summed E-state index contributed by atoms with van der Waals surface area (Å²) < 4.78 is 5.47. The van der Waals surface area contributed by atoms with Gasteiger partial charge < -0.3 is 9.32 Å². The summed E-state index contributed by atoms with van der Waals surface area (Å²) in [5.41, 5.74) is 2.13. The van der Waals surface area contributed by atoms with E-state index in [1.807, 2.05) is 35.2 Å². The van der Waals surface area contributed by atoms with Crippen LogP contribution in [0.25, 0.3) is 10.6 Å². The number of aryl methyl sites for hydroxylation is 1. The number of carbonyl (C=O) groups excluding carboxylic acids is 1. The van der Waals surface area contributed by atoms with Crippen LogP contribution in [0.15, 0.2) is 58.5 Å². The molecule has 0 saturated carbocycles. The average Bonchev–Trinajstić information content (AvgIpc) is 3.41. The number of nitrogens with zero attached hydrogens (tertiary/aromatic N) is 2. The second-order valence-electron chi connectivity index (χ2n) is 6.35. The van der Waals surface area contributed by atoms with Gasteiger partial charge in [0.2, 0.25) is 5.91 Å². The van der Waals surface area contributed by atoms with E-state index in [1.165, 1.54) is 0 Å². The van der Waals surface area contributed by atoms with E-state index in [4.69, 9.17) is 4.42 Å². The standard InChI is InChI=1S/C20H20N2O2S/c23-19(22-11-10-16(13-22)18-7-4-12-24-18)9-8-17-14-25-20(21-17)15-5-2-1-3-6-15/h1-7,12,14,16H,8-11,13H2. The normalized spacial score (nSPS) is 17.1. The molecule has 1 aliphatic rings. The molecule has 2 aromatic heterocycles. The highest BCUT2D eigenvalue weighted by atomic mass is 32.1. The van der Waals surface area contributed by atoms with E-state index in [2.05, 4.69) is 22.5 Å². The number of aromatic nitrogens is 1. The van der Waals surface area contributed by atoms with E-state index < -0.39 is 0 Å². The van der Waals surface area contributed by atoms with E-state index in [0.29, 0.717) is 18.8 Å². The van der Waals surface area contributed by atoms with Gasteiger partial charge in [0.25, 0.3) is 0 Å². The highest BCUT2D eigenvalue weighted by Gasteiger charge is 2.28. The molecule has 1 fully saturated rings. The molecule has 3 aromatic rings. The number of benzene rings is 1. The fraction of sp³-hybridized carbons (Fsp3) is 0.300. The van der Waals surface area contributed by atoms with Crippen LogP contribution in [-0.2, 0) is 11.2 Å². The minimum Gasteiger partial charge on any atom is -0.469 e. The van der Waals surface area contributed by atoms with Gasteiger partial charge in [-0.1, -0.05) is 30.3 Å². The minimum absolute atomic E-state index is 0.211. The van der Waals surface area contributed by atoms with Crippen LogP contribution < -0.4 is 0 Å². The average molecular weight is 352 g/mol. The molecular formula is C20H20N2O2S. The molecule has 0 radical (unpaired) electrons. The van der Waals surface area contributed by atoms with Crippen LogP contribution in [0.3, 0.4) is 0 Å². The van der Waals surface area contributed by atoms with Crippen molar-refractivity contribution >= 4 is 17.2 Å². The molecule has 1 atom stereocenters. The molecule has 128 valence electrons. The molecule has 0 spiro atoms. The van der Waals surface area contributed by atoms with Crippen molar-refractivity contribution in [2.24, 2.45) is 0 Å². The molecule has 4 rings (SSSR count). The molecule has 25 heavy (non-hydrogen) atoms. The quantitative estimate of drug-likeness (QED) is 0.686. The number of rotatable bonds is 5. The van der Waals surface area contributed by atoms with Crippen LogP contribution in [0, 0.1) is 0 Å². The number of furan rings is 1. The van der Waals surface area contributed by atoms with Crippen molar-refractivity contribution in [3.8, 4) is 10.6 Å². The third kappa shape index (κ3) is 3.66. The predicted octanol–water partition coefficient (Wildman–Crippen LogP) is 4.35. The fourth-order valence-corrected chi connectivity index (χ4v) is 4.13. The maximum atomic E-state index is 12.5. The SMILES string of the molecule is O=C(CCc1csc(-c2ccccc2)n1)N1CCC(c2ccco2)C1. The van der Waals surface area contributed by atoms with Gasteiger partial charge in [0.1, 0.15) is 10.8 Å². The van der Waals surface area contributed by atoms with Crippen molar-refractivity contribution < 1.29 is 9.21 Å². The third-order valence-corrected chi connectivity index (χ3v) is 5.59. The summed E-state index contributed by atoms with van der Waals surface area (Å²) in [6.07, 6.45) is 3.90. The molecule has 0 bridgehead atoms. The topological polar surface area (TPSA) is 46.3 Å². The Labute approximate surface area is 151 Å². The van der Waals surface area contributed by atoms with Crippen LogP contribution in [0.5, 0.6) is 0 Å². The first-order chi connectivity index (χ1) is 12.3. The van der Waals surface area contributed by atoms with Crippen LogP contribution in [0.1, 0.15) is 30.2 Å². The number of carbonyl (C=O) groups is 1. The lowest BCUT2D eigenvalue weighted by Crippen LogP contribution is -2.28. The predicted molar refractivity (Wildman–Crippen MR) is 98.5 cm³/mol. The van der Waals surface area contributed by atoms with Gasteiger partial charge in [0.05, 0.1) is 12.0 Å². The molecule has 1 aliphatic heterocycles.